The summed E-state index contributed by atoms with van der Waals surface area (Å²) >= 11 is 0. The minimum atomic E-state index is -0.167. The van der Waals surface area contributed by atoms with Crippen molar-refractivity contribution in [1.29, 1.82) is 0 Å². The summed E-state index contributed by atoms with van der Waals surface area (Å²) in [6.45, 7) is 4.19. The van der Waals surface area contributed by atoms with Gasteiger partial charge >= 0.3 is 0 Å². The van der Waals surface area contributed by atoms with Crippen LogP contribution in [-0.2, 0) is 9.59 Å². The molecule has 1 aliphatic rings. The number of carbonyl (C=O) groups is 2. The molecule has 3 N–H and O–H groups in total. The maximum Gasteiger partial charge on any atom is 0.242 e. The Kier molecular flexibility index (Phi) is 5.41. The molecule has 1 fully saturated rings. The van der Waals surface area contributed by atoms with Gasteiger partial charge in [-0.15, -0.1) is 0 Å². The van der Waals surface area contributed by atoms with Crippen molar-refractivity contribution in [2.24, 2.45) is 5.73 Å². The summed E-state index contributed by atoms with van der Waals surface area (Å²) in [5.74, 6) is -0.164. The van der Waals surface area contributed by atoms with Crippen molar-refractivity contribution in [3.8, 4) is 0 Å². The lowest BCUT2D eigenvalue weighted by atomic mass is 9.90. The van der Waals surface area contributed by atoms with Crippen LogP contribution in [0.2, 0.25) is 0 Å². The second-order valence-corrected chi connectivity index (χ2v) is 4.66. The molecule has 1 aliphatic carbocycles. The van der Waals surface area contributed by atoms with Crippen LogP contribution in [0.5, 0.6) is 0 Å². The highest BCUT2D eigenvalue weighted by Crippen LogP contribution is 2.21. The Morgan fingerprint density at radius 1 is 1.29 bits per heavy atom. The summed E-state index contributed by atoms with van der Waals surface area (Å²) in [6, 6.07) is 0.580. The van der Waals surface area contributed by atoms with E-state index in [-0.39, 0.29) is 24.4 Å². The molecule has 0 saturated heterocycles. The van der Waals surface area contributed by atoms with Crippen LogP contribution in [0, 0.1) is 0 Å². The molecule has 0 aliphatic heterocycles. The maximum absolute atomic E-state index is 11.9. The van der Waals surface area contributed by atoms with E-state index in [1.165, 1.54) is 6.92 Å². The first-order chi connectivity index (χ1) is 8.04. The smallest absolute Gasteiger partial charge is 0.242 e. The molecule has 0 unspecified atom stereocenters. The highest BCUT2D eigenvalue weighted by atomic mass is 16.2. The molecule has 0 atom stereocenters. The minimum Gasteiger partial charge on any atom is -0.347 e. The third-order valence-electron chi connectivity index (χ3n) is 3.33. The van der Waals surface area contributed by atoms with Crippen LogP contribution < -0.4 is 11.1 Å². The third-order valence-corrected chi connectivity index (χ3v) is 3.33. The highest BCUT2D eigenvalue weighted by Gasteiger charge is 2.26. The molecule has 1 saturated carbocycles. The fourth-order valence-electron chi connectivity index (χ4n) is 2.35. The number of hydrogen-bond acceptors (Lipinski definition) is 3. The van der Waals surface area contributed by atoms with Crippen LogP contribution in [0.15, 0.2) is 0 Å². The van der Waals surface area contributed by atoms with E-state index < -0.39 is 0 Å². The van der Waals surface area contributed by atoms with Crippen molar-refractivity contribution >= 4 is 11.8 Å². The molecular weight excluding hydrogens is 218 g/mol. The summed E-state index contributed by atoms with van der Waals surface area (Å²) in [4.78, 5) is 24.6. The van der Waals surface area contributed by atoms with Crippen LogP contribution in [0.4, 0.5) is 0 Å². The topological polar surface area (TPSA) is 75.4 Å². The first kappa shape index (κ1) is 14.0. The Bertz CT molecular complexity index is 273. The van der Waals surface area contributed by atoms with E-state index in [1.54, 1.807) is 0 Å². The van der Waals surface area contributed by atoms with Gasteiger partial charge < -0.3 is 16.0 Å². The van der Waals surface area contributed by atoms with Gasteiger partial charge in [-0.2, -0.15) is 0 Å². The number of likely N-dealkylation sites (N-methyl/N-ethyl adjacent to an activating group) is 1. The molecule has 98 valence electrons. The zero-order chi connectivity index (χ0) is 12.8. The normalized spacial score (nSPS) is 24.2. The zero-order valence-corrected chi connectivity index (χ0v) is 10.7. The molecule has 0 bridgehead atoms. The Morgan fingerprint density at radius 3 is 2.35 bits per heavy atom. The van der Waals surface area contributed by atoms with Crippen molar-refractivity contribution in [3.05, 3.63) is 0 Å². The summed E-state index contributed by atoms with van der Waals surface area (Å²) < 4.78 is 0. The fraction of sp³-hybridized carbons (Fsp3) is 0.833. The number of amides is 2. The Labute approximate surface area is 103 Å². The molecular formula is C12H23N3O2. The second kappa shape index (κ2) is 6.59. The largest absolute Gasteiger partial charge is 0.347 e. The number of nitrogens with two attached hydrogens (primary N) is 1. The van der Waals surface area contributed by atoms with Crippen LogP contribution >= 0.6 is 0 Å². The quantitative estimate of drug-likeness (QED) is 0.740. The van der Waals surface area contributed by atoms with E-state index in [0.29, 0.717) is 12.6 Å². The van der Waals surface area contributed by atoms with Crippen molar-refractivity contribution in [3.63, 3.8) is 0 Å². The van der Waals surface area contributed by atoms with Gasteiger partial charge in [0, 0.05) is 25.6 Å². The van der Waals surface area contributed by atoms with Gasteiger partial charge in [-0.3, -0.25) is 9.59 Å². The molecule has 0 aromatic heterocycles. The molecule has 0 radical (unpaired) electrons. The summed E-state index contributed by atoms with van der Waals surface area (Å²) in [5, 5.41) is 2.55. The van der Waals surface area contributed by atoms with Gasteiger partial charge in [0.25, 0.3) is 0 Å². The van der Waals surface area contributed by atoms with E-state index in [9.17, 15) is 9.59 Å². The lowest BCUT2D eigenvalue weighted by molar-refractivity contribution is -0.134. The second-order valence-electron chi connectivity index (χ2n) is 4.66. The first-order valence-corrected chi connectivity index (χ1v) is 6.34. The van der Waals surface area contributed by atoms with Crippen molar-refractivity contribution in [1.82, 2.24) is 10.2 Å². The van der Waals surface area contributed by atoms with Gasteiger partial charge in [-0.1, -0.05) is 0 Å². The highest BCUT2D eigenvalue weighted by molar-refractivity contribution is 5.83. The molecule has 0 heterocycles. The van der Waals surface area contributed by atoms with Crippen LogP contribution in [0.1, 0.15) is 39.5 Å². The molecule has 5 nitrogen and oxygen atoms in total. The number of hydrogen-bond donors (Lipinski definition) is 2. The summed E-state index contributed by atoms with van der Waals surface area (Å²) in [7, 11) is 0. The molecule has 1 rings (SSSR count). The van der Waals surface area contributed by atoms with Gasteiger partial charge in [0.1, 0.15) is 0 Å². The monoisotopic (exact) mass is 241 g/mol. The van der Waals surface area contributed by atoms with Crippen molar-refractivity contribution < 1.29 is 9.59 Å². The Balaban J connectivity index is 2.46. The van der Waals surface area contributed by atoms with Gasteiger partial charge in [0.15, 0.2) is 0 Å². The van der Waals surface area contributed by atoms with Gasteiger partial charge in [0.2, 0.25) is 11.8 Å². The fourth-order valence-corrected chi connectivity index (χ4v) is 2.35. The van der Waals surface area contributed by atoms with Crippen LogP contribution in [0.3, 0.4) is 0 Å². The molecule has 17 heavy (non-hydrogen) atoms. The maximum atomic E-state index is 11.9. The lowest BCUT2D eigenvalue weighted by Gasteiger charge is -2.35. The Hall–Kier alpha value is -1.10. The molecule has 0 aromatic carbocycles. The summed E-state index contributed by atoms with van der Waals surface area (Å²) in [6.07, 6.45) is 3.91. The average molecular weight is 241 g/mol. The SMILES string of the molecule is CCN(C(=O)CNC(C)=O)C1CCC(N)CC1. The van der Waals surface area contributed by atoms with Gasteiger partial charge in [-0.05, 0) is 32.6 Å². The van der Waals surface area contributed by atoms with E-state index in [0.717, 1.165) is 25.7 Å². The van der Waals surface area contributed by atoms with Crippen LogP contribution in [0.25, 0.3) is 0 Å². The number of nitrogens with zero attached hydrogens (tertiary/aromatic N) is 1. The lowest BCUT2D eigenvalue weighted by Crippen LogP contribution is -2.47. The molecule has 2 amide bonds. The van der Waals surface area contributed by atoms with E-state index in [1.807, 2.05) is 11.8 Å². The predicted octanol–water partition coefficient (Wildman–Crippen LogP) is 0.241. The number of carbonyl (C=O) groups excluding carboxylic acids is 2. The zero-order valence-electron chi connectivity index (χ0n) is 10.7. The van der Waals surface area contributed by atoms with E-state index in [2.05, 4.69) is 5.32 Å². The third kappa shape index (κ3) is 4.34. The average Bonchev–Trinajstić information content (AvgIpc) is 2.30. The first-order valence-electron chi connectivity index (χ1n) is 6.34. The minimum absolute atomic E-state index is 0.00294. The molecule has 0 aromatic rings. The van der Waals surface area contributed by atoms with Crippen molar-refractivity contribution in [2.45, 2.75) is 51.6 Å². The standard InChI is InChI=1S/C12H23N3O2/c1-3-15(12(17)8-14-9(2)16)11-6-4-10(13)5-7-11/h10-11H,3-8,13H2,1-2H3,(H,14,16). The predicted molar refractivity (Wildman–Crippen MR) is 66.3 cm³/mol. The van der Waals surface area contributed by atoms with Crippen LogP contribution in [-0.4, -0.2) is 41.9 Å². The number of nitrogens with one attached hydrogen (secondary N) is 1. The van der Waals surface area contributed by atoms with Gasteiger partial charge in [-0.25, -0.2) is 0 Å². The van der Waals surface area contributed by atoms with Crippen molar-refractivity contribution in [2.75, 3.05) is 13.1 Å². The van der Waals surface area contributed by atoms with Gasteiger partial charge in [0.05, 0.1) is 6.54 Å². The van der Waals surface area contributed by atoms with E-state index in [4.69, 9.17) is 5.73 Å². The van der Waals surface area contributed by atoms with E-state index >= 15 is 0 Å². The molecule has 0 spiro atoms. The summed E-state index contributed by atoms with van der Waals surface area (Å²) in [5.41, 5.74) is 5.85. The number of rotatable bonds is 4. The Morgan fingerprint density at radius 2 is 1.88 bits per heavy atom. The molecule has 5 heteroatoms.